The Balaban J connectivity index is 2.50. The molecule has 0 radical (unpaired) electrons. The highest BCUT2D eigenvalue weighted by Gasteiger charge is 2.19. The van der Waals surface area contributed by atoms with Gasteiger partial charge in [0, 0.05) is 24.0 Å². The smallest absolute Gasteiger partial charge is 0.292 e. The number of carbonyl (C=O) groups excluding carboxylic acids is 1. The van der Waals surface area contributed by atoms with Crippen LogP contribution in [0.2, 0.25) is 0 Å². The number of anilines is 1. The maximum Gasteiger partial charge on any atom is 0.292 e. The standard InChI is InChI=1S/C12H9N3O3/c13-11-9(4-1-5-10(11)15(17)18)12(16)8-3-2-6-14-7-8/h1-7H,13H2. The van der Waals surface area contributed by atoms with Crippen molar-refractivity contribution in [3.63, 3.8) is 0 Å². The molecule has 1 aromatic heterocycles. The van der Waals surface area contributed by atoms with Crippen molar-refractivity contribution in [2.45, 2.75) is 0 Å². The molecule has 0 spiro atoms. The van der Waals surface area contributed by atoms with Gasteiger partial charge in [-0.1, -0.05) is 6.07 Å². The van der Waals surface area contributed by atoms with Crippen molar-refractivity contribution < 1.29 is 9.72 Å². The molecule has 0 bridgehead atoms. The zero-order valence-corrected chi connectivity index (χ0v) is 9.24. The summed E-state index contributed by atoms with van der Waals surface area (Å²) in [5, 5.41) is 10.7. The molecule has 0 saturated heterocycles. The molecule has 6 nitrogen and oxygen atoms in total. The second-order valence-electron chi connectivity index (χ2n) is 3.57. The molecule has 2 rings (SSSR count). The van der Waals surface area contributed by atoms with E-state index in [1.54, 1.807) is 12.1 Å². The van der Waals surface area contributed by atoms with Crippen molar-refractivity contribution in [3.8, 4) is 0 Å². The third-order valence-electron chi connectivity index (χ3n) is 2.45. The van der Waals surface area contributed by atoms with Gasteiger partial charge in [0.05, 0.1) is 10.5 Å². The van der Waals surface area contributed by atoms with E-state index in [0.29, 0.717) is 5.56 Å². The number of nitrogens with zero attached hydrogens (tertiary/aromatic N) is 2. The van der Waals surface area contributed by atoms with Gasteiger partial charge in [-0.15, -0.1) is 0 Å². The predicted molar refractivity (Wildman–Crippen MR) is 65.2 cm³/mol. The third kappa shape index (κ3) is 2.03. The highest BCUT2D eigenvalue weighted by molar-refractivity contribution is 6.12. The van der Waals surface area contributed by atoms with E-state index in [4.69, 9.17) is 5.73 Å². The molecule has 1 heterocycles. The number of nitrogen functional groups attached to an aromatic ring is 1. The van der Waals surface area contributed by atoms with Crippen LogP contribution < -0.4 is 5.73 Å². The lowest BCUT2D eigenvalue weighted by Crippen LogP contribution is -2.07. The van der Waals surface area contributed by atoms with E-state index in [-0.39, 0.29) is 22.7 Å². The molecular formula is C12H9N3O3. The van der Waals surface area contributed by atoms with Crippen molar-refractivity contribution in [1.29, 1.82) is 0 Å². The fourth-order valence-electron chi connectivity index (χ4n) is 1.56. The summed E-state index contributed by atoms with van der Waals surface area (Å²) in [5.41, 5.74) is 5.68. The number of nitrogens with two attached hydrogens (primary N) is 1. The molecule has 18 heavy (non-hydrogen) atoms. The maximum absolute atomic E-state index is 12.1. The summed E-state index contributed by atoms with van der Waals surface area (Å²) in [4.78, 5) is 26.0. The molecule has 6 heteroatoms. The van der Waals surface area contributed by atoms with Crippen molar-refractivity contribution in [1.82, 2.24) is 4.98 Å². The van der Waals surface area contributed by atoms with Crippen LogP contribution in [0.25, 0.3) is 0 Å². The van der Waals surface area contributed by atoms with Gasteiger partial charge in [0.2, 0.25) is 0 Å². The summed E-state index contributed by atoms with van der Waals surface area (Å²) >= 11 is 0. The van der Waals surface area contributed by atoms with Gasteiger partial charge in [0.25, 0.3) is 5.69 Å². The van der Waals surface area contributed by atoms with Gasteiger partial charge in [-0.05, 0) is 18.2 Å². The number of hydrogen-bond donors (Lipinski definition) is 1. The van der Waals surface area contributed by atoms with Crippen LogP contribution in [-0.4, -0.2) is 15.7 Å². The highest BCUT2D eigenvalue weighted by Crippen LogP contribution is 2.26. The van der Waals surface area contributed by atoms with Crippen molar-refractivity contribution in [2.75, 3.05) is 5.73 Å². The Morgan fingerprint density at radius 2 is 2.06 bits per heavy atom. The van der Waals surface area contributed by atoms with E-state index in [2.05, 4.69) is 4.98 Å². The molecule has 0 saturated carbocycles. The molecule has 0 amide bonds. The third-order valence-corrected chi connectivity index (χ3v) is 2.45. The molecule has 0 aliphatic carbocycles. The number of rotatable bonds is 3. The fourth-order valence-corrected chi connectivity index (χ4v) is 1.56. The molecule has 0 fully saturated rings. The van der Waals surface area contributed by atoms with Gasteiger partial charge < -0.3 is 5.73 Å². The largest absolute Gasteiger partial charge is 0.393 e. The first-order valence-electron chi connectivity index (χ1n) is 5.09. The summed E-state index contributed by atoms with van der Waals surface area (Å²) in [6.07, 6.45) is 2.92. The minimum Gasteiger partial charge on any atom is -0.393 e. The van der Waals surface area contributed by atoms with E-state index in [1.165, 1.54) is 30.6 Å². The Bertz CT molecular complexity index is 611. The minimum atomic E-state index is -0.616. The average Bonchev–Trinajstić information content (AvgIpc) is 2.39. The Morgan fingerprint density at radius 1 is 1.28 bits per heavy atom. The van der Waals surface area contributed by atoms with Crippen LogP contribution in [0, 0.1) is 10.1 Å². The number of para-hydroxylation sites is 1. The second-order valence-corrected chi connectivity index (χ2v) is 3.57. The minimum absolute atomic E-state index is 0.109. The first-order chi connectivity index (χ1) is 8.61. The molecule has 0 atom stereocenters. The van der Waals surface area contributed by atoms with Gasteiger partial charge in [0.15, 0.2) is 5.78 Å². The summed E-state index contributed by atoms with van der Waals surface area (Å²) in [6.45, 7) is 0. The van der Waals surface area contributed by atoms with Gasteiger partial charge in [-0.3, -0.25) is 19.9 Å². The number of carbonyl (C=O) groups is 1. The lowest BCUT2D eigenvalue weighted by molar-refractivity contribution is -0.383. The van der Waals surface area contributed by atoms with Crippen LogP contribution in [-0.2, 0) is 0 Å². The number of nitro groups is 1. The van der Waals surface area contributed by atoms with Crippen molar-refractivity contribution >= 4 is 17.2 Å². The summed E-state index contributed by atoms with van der Waals surface area (Å²) < 4.78 is 0. The molecule has 2 aromatic rings. The molecule has 0 aliphatic rings. The van der Waals surface area contributed by atoms with E-state index < -0.39 is 4.92 Å². The maximum atomic E-state index is 12.1. The first-order valence-corrected chi connectivity index (χ1v) is 5.09. The monoisotopic (exact) mass is 243 g/mol. The molecular weight excluding hydrogens is 234 g/mol. The quantitative estimate of drug-likeness (QED) is 0.383. The molecule has 2 N–H and O–H groups in total. The van der Waals surface area contributed by atoms with Gasteiger partial charge in [-0.25, -0.2) is 0 Å². The van der Waals surface area contributed by atoms with Gasteiger partial charge in [-0.2, -0.15) is 0 Å². The van der Waals surface area contributed by atoms with E-state index >= 15 is 0 Å². The number of nitro benzene ring substituents is 1. The first kappa shape index (κ1) is 11.7. The Hall–Kier alpha value is -2.76. The summed E-state index contributed by atoms with van der Waals surface area (Å²) in [6, 6.07) is 7.33. The molecule has 90 valence electrons. The normalized spacial score (nSPS) is 10.0. The van der Waals surface area contributed by atoms with Crippen LogP contribution in [0.3, 0.4) is 0 Å². The number of hydrogen-bond acceptors (Lipinski definition) is 5. The Morgan fingerprint density at radius 3 is 2.67 bits per heavy atom. The Kier molecular flexibility index (Phi) is 3.01. The summed E-state index contributed by atoms with van der Waals surface area (Å²) in [7, 11) is 0. The number of aromatic nitrogens is 1. The van der Waals surface area contributed by atoms with Crippen LogP contribution in [0.5, 0.6) is 0 Å². The molecule has 0 unspecified atom stereocenters. The number of pyridine rings is 1. The van der Waals surface area contributed by atoms with Crippen LogP contribution in [0.15, 0.2) is 42.7 Å². The zero-order valence-electron chi connectivity index (χ0n) is 9.24. The molecule has 1 aromatic carbocycles. The number of benzene rings is 1. The lowest BCUT2D eigenvalue weighted by Gasteiger charge is -2.04. The van der Waals surface area contributed by atoms with E-state index in [9.17, 15) is 14.9 Å². The van der Waals surface area contributed by atoms with Crippen LogP contribution in [0.4, 0.5) is 11.4 Å². The van der Waals surface area contributed by atoms with Crippen molar-refractivity contribution in [3.05, 3.63) is 64.0 Å². The summed E-state index contributed by atoms with van der Waals surface area (Å²) in [5.74, 6) is -0.385. The zero-order chi connectivity index (χ0) is 13.1. The van der Waals surface area contributed by atoms with E-state index in [0.717, 1.165) is 0 Å². The fraction of sp³-hybridized carbons (Fsp3) is 0. The topological polar surface area (TPSA) is 99.1 Å². The highest BCUT2D eigenvalue weighted by atomic mass is 16.6. The van der Waals surface area contributed by atoms with Gasteiger partial charge in [0.1, 0.15) is 5.69 Å². The van der Waals surface area contributed by atoms with Crippen molar-refractivity contribution in [2.24, 2.45) is 0 Å². The SMILES string of the molecule is Nc1c(C(=O)c2cccnc2)cccc1[N+](=O)[O-]. The number of ketones is 1. The lowest BCUT2D eigenvalue weighted by atomic mass is 10.0. The second kappa shape index (κ2) is 4.62. The van der Waals surface area contributed by atoms with Crippen LogP contribution in [0.1, 0.15) is 15.9 Å². The average molecular weight is 243 g/mol. The predicted octanol–water partition coefficient (Wildman–Crippen LogP) is 1.80. The van der Waals surface area contributed by atoms with Gasteiger partial charge >= 0.3 is 0 Å². The Labute approximate surface area is 102 Å². The van der Waals surface area contributed by atoms with Crippen LogP contribution >= 0.6 is 0 Å². The van der Waals surface area contributed by atoms with E-state index in [1.807, 2.05) is 0 Å². The molecule has 0 aliphatic heterocycles.